The molecule has 0 saturated heterocycles. The quantitative estimate of drug-likeness (QED) is 0.561. The molecule has 0 unspecified atom stereocenters. The van der Waals surface area contributed by atoms with Gasteiger partial charge in [-0.3, -0.25) is 0 Å². The number of hydrogen-bond acceptors (Lipinski definition) is 0. The molecular formula is C14H24. The first-order valence-corrected chi connectivity index (χ1v) is 5.49. The fourth-order valence-corrected chi connectivity index (χ4v) is 1.41. The van der Waals surface area contributed by atoms with Gasteiger partial charge in [0, 0.05) is 0 Å². The minimum absolute atomic E-state index is 1.25. The summed E-state index contributed by atoms with van der Waals surface area (Å²) in [7, 11) is 0. The van der Waals surface area contributed by atoms with E-state index in [1.807, 2.05) is 0 Å². The van der Waals surface area contributed by atoms with Gasteiger partial charge in [0.05, 0.1) is 0 Å². The van der Waals surface area contributed by atoms with E-state index in [4.69, 9.17) is 0 Å². The van der Waals surface area contributed by atoms with Crippen LogP contribution in [0.15, 0.2) is 6.07 Å². The van der Waals surface area contributed by atoms with Crippen LogP contribution in [0.25, 0.3) is 0 Å². The highest BCUT2D eigenvalue weighted by molar-refractivity contribution is 5.42. The second-order valence-electron chi connectivity index (χ2n) is 4.09. The Kier molecular flexibility index (Phi) is 5.52. The summed E-state index contributed by atoms with van der Waals surface area (Å²) < 4.78 is 0. The van der Waals surface area contributed by atoms with Crippen LogP contribution >= 0.6 is 0 Å². The molecule has 0 atom stereocenters. The third kappa shape index (κ3) is 3.17. The number of hydrogen-bond donors (Lipinski definition) is 0. The molecule has 0 heterocycles. The van der Waals surface area contributed by atoms with Gasteiger partial charge in [-0.25, -0.2) is 0 Å². The molecule has 80 valence electrons. The van der Waals surface area contributed by atoms with E-state index in [1.54, 1.807) is 0 Å². The first-order chi connectivity index (χ1) is 6.45. The van der Waals surface area contributed by atoms with E-state index < -0.39 is 0 Å². The van der Waals surface area contributed by atoms with Crippen LogP contribution in [0.3, 0.4) is 0 Å². The number of benzene rings is 1. The average molecular weight is 192 g/mol. The molecule has 0 saturated carbocycles. The molecule has 14 heavy (non-hydrogen) atoms. The molecule has 0 aliphatic heterocycles. The molecule has 0 aliphatic rings. The Labute approximate surface area is 89.4 Å². The van der Waals surface area contributed by atoms with Gasteiger partial charge >= 0.3 is 0 Å². The van der Waals surface area contributed by atoms with Crippen LogP contribution in [0.4, 0.5) is 0 Å². The minimum Gasteiger partial charge on any atom is -0.0656 e. The molecule has 0 aliphatic carbocycles. The van der Waals surface area contributed by atoms with Crippen molar-refractivity contribution in [3.05, 3.63) is 33.9 Å². The Balaban J connectivity index is 0.000000500. The van der Waals surface area contributed by atoms with Gasteiger partial charge < -0.3 is 0 Å². The summed E-state index contributed by atoms with van der Waals surface area (Å²) >= 11 is 0. The molecule has 0 aromatic heterocycles. The molecule has 0 heteroatoms. The Morgan fingerprint density at radius 2 is 1.00 bits per heavy atom. The number of aryl methyl sites for hydroxylation is 2. The SMILES string of the molecule is CCC.Cc1cc(C)c(C)c(C)c1C. The summed E-state index contributed by atoms with van der Waals surface area (Å²) in [6, 6.07) is 2.26. The summed E-state index contributed by atoms with van der Waals surface area (Å²) in [5, 5.41) is 0. The molecule has 0 bridgehead atoms. The lowest BCUT2D eigenvalue weighted by molar-refractivity contribution is 1.09. The maximum atomic E-state index is 2.26. The van der Waals surface area contributed by atoms with Crippen LogP contribution < -0.4 is 0 Å². The monoisotopic (exact) mass is 192 g/mol. The highest BCUT2D eigenvalue weighted by Crippen LogP contribution is 2.19. The summed E-state index contributed by atoms with van der Waals surface area (Å²) in [6.45, 7) is 15.2. The van der Waals surface area contributed by atoms with E-state index in [0.29, 0.717) is 0 Å². The predicted octanol–water partition coefficient (Wildman–Crippen LogP) is 4.65. The van der Waals surface area contributed by atoms with Crippen LogP contribution in [0.5, 0.6) is 0 Å². The first kappa shape index (κ1) is 13.2. The van der Waals surface area contributed by atoms with Crippen molar-refractivity contribution < 1.29 is 0 Å². The maximum Gasteiger partial charge on any atom is -0.0392 e. The zero-order chi connectivity index (χ0) is 11.3. The summed E-state index contributed by atoms with van der Waals surface area (Å²) in [5.41, 5.74) is 7.14. The van der Waals surface area contributed by atoms with E-state index in [0.717, 1.165) is 0 Å². The molecule has 0 fully saturated rings. The lowest BCUT2D eigenvalue weighted by Crippen LogP contribution is -1.93. The molecule has 1 aromatic rings. The van der Waals surface area contributed by atoms with Crippen LogP contribution in [0.2, 0.25) is 0 Å². The molecular weight excluding hydrogens is 168 g/mol. The van der Waals surface area contributed by atoms with Crippen molar-refractivity contribution >= 4 is 0 Å². The van der Waals surface area contributed by atoms with Gasteiger partial charge in [-0.2, -0.15) is 0 Å². The zero-order valence-corrected chi connectivity index (χ0v) is 10.8. The molecule has 0 radical (unpaired) electrons. The van der Waals surface area contributed by atoms with Gasteiger partial charge in [0.2, 0.25) is 0 Å². The lowest BCUT2D eigenvalue weighted by atomic mass is 9.96. The normalized spacial score (nSPS) is 9.36. The molecule has 0 nitrogen and oxygen atoms in total. The van der Waals surface area contributed by atoms with Crippen molar-refractivity contribution in [3.8, 4) is 0 Å². The molecule has 0 amide bonds. The smallest absolute Gasteiger partial charge is 0.0392 e. The van der Waals surface area contributed by atoms with Crippen molar-refractivity contribution in [1.82, 2.24) is 0 Å². The largest absolute Gasteiger partial charge is 0.0656 e. The molecule has 1 rings (SSSR count). The third-order valence-corrected chi connectivity index (χ3v) is 2.74. The standard InChI is InChI=1S/C11H16.C3H8/c1-7-6-8(2)10(4)11(5)9(7)3;1-3-2/h6H,1-5H3;3H2,1-2H3. The van der Waals surface area contributed by atoms with Crippen molar-refractivity contribution in [2.75, 3.05) is 0 Å². The topological polar surface area (TPSA) is 0 Å². The highest BCUT2D eigenvalue weighted by Gasteiger charge is 2.02. The second-order valence-corrected chi connectivity index (χ2v) is 4.09. The molecule has 1 aromatic carbocycles. The van der Waals surface area contributed by atoms with Crippen molar-refractivity contribution in [3.63, 3.8) is 0 Å². The van der Waals surface area contributed by atoms with E-state index in [-0.39, 0.29) is 0 Å². The van der Waals surface area contributed by atoms with Crippen molar-refractivity contribution in [2.45, 2.75) is 54.9 Å². The van der Waals surface area contributed by atoms with Crippen molar-refractivity contribution in [1.29, 1.82) is 0 Å². The van der Waals surface area contributed by atoms with Gasteiger partial charge in [0.25, 0.3) is 0 Å². The summed E-state index contributed by atoms with van der Waals surface area (Å²) in [6.07, 6.45) is 1.25. The van der Waals surface area contributed by atoms with E-state index >= 15 is 0 Å². The fourth-order valence-electron chi connectivity index (χ4n) is 1.41. The van der Waals surface area contributed by atoms with Crippen LogP contribution in [-0.2, 0) is 0 Å². The Hall–Kier alpha value is -0.780. The minimum atomic E-state index is 1.25. The molecule has 0 N–H and O–H groups in total. The van der Waals surface area contributed by atoms with Crippen LogP contribution in [-0.4, -0.2) is 0 Å². The van der Waals surface area contributed by atoms with Crippen LogP contribution in [0.1, 0.15) is 48.1 Å². The fraction of sp³-hybridized carbons (Fsp3) is 0.571. The van der Waals surface area contributed by atoms with E-state index in [2.05, 4.69) is 54.5 Å². The average Bonchev–Trinajstić information content (AvgIpc) is 2.13. The van der Waals surface area contributed by atoms with Gasteiger partial charge in [-0.1, -0.05) is 26.3 Å². The van der Waals surface area contributed by atoms with E-state index in [1.165, 1.54) is 34.2 Å². The van der Waals surface area contributed by atoms with Gasteiger partial charge in [-0.15, -0.1) is 0 Å². The van der Waals surface area contributed by atoms with Crippen molar-refractivity contribution in [2.24, 2.45) is 0 Å². The van der Waals surface area contributed by atoms with Gasteiger partial charge in [0.15, 0.2) is 0 Å². The Morgan fingerprint density at radius 1 is 0.714 bits per heavy atom. The third-order valence-electron chi connectivity index (χ3n) is 2.74. The maximum absolute atomic E-state index is 2.26. The first-order valence-electron chi connectivity index (χ1n) is 5.49. The zero-order valence-electron chi connectivity index (χ0n) is 10.8. The lowest BCUT2D eigenvalue weighted by Gasteiger charge is -2.10. The van der Waals surface area contributed by atoms with Gasteiger partial charge in [-0.05, 0) is 62.4 Å². The molecule has 0 spiro atoms. The highest BCUT2D eigenvalue weighted by atomic mass is 14.1. The Bertz CT molecular complexity index is 269. The number of rotatable bonds is 0. The van der Waals surface area contributed by atoms with E-state index in [9.17, 15) is 0 Å². The van der Waals surface area contributed by atoms with Gasteiger partial charge in [0.1, 0.15) is 0 Å². The predicted molar refractivity (Wildman–Crippen MR) is 66.1 cm³/mol. The summed E-state index contributed by atoms with van der Waals surface area (Å²) in [4.78, 5) is 0. The Morgan fingerprint density at radius 3 is 1.29 bits per heavy atom. The van der Waals surface area contributed by atoms with Crippen LogP contribution in [0, 0.1) is 34.6 Å². The summed E-state index contributed by atoms with van der Waals surface area (Å²) in [5.74, 6) is 0. The second kappa shape index (κ2) is 5.85.